The number of carbonyl (C=O) groups excluding carboxylic acids is 1. The van der Waals surface area contributed by atoms with Gasteiger partial charge in [0.2, 0.25) is 0 Å². The number of likely N-dealkylation sites (tertiary alicyclic amines) is 1. The molecule has 0 amide bonds. The second-order valence-corrected chi connectivity index (χ2v) is 6.64. The molecule has 1 aliphatic heterocycles. The molecule has 1 aromatic carbocycles. The molecule has 3 nitrogen and oxygen atoms in total. The predicted molar refractivity (Wildman–Crippen MR) is 84.9 cm³/mol. The summed E-state index contributed by atoms with van der Waals surface area (Å²) < 4.78 is 5.36. The summed E-state index contributed by atoms with van der Waals surface area (Å²) in [7, 11) is 0. The van der Waals surface area contributed by atoms with Crippen LogP contribution in [0, 0.1) is 0 Å². The van der Waals surface area contributed by atoms with Crippen LogP contribution in [0.3, 0.4) is 0 Å². The molecule has 0 spiro atoms. The summed E-state index contributed by atoms with van der Waals surface area (Å²) in [6.07, 6.45) is 3.77. The molecule has 1 fully saturated rings. The van der Waals surface area contributed by atoms with Gasteiger partial charge in [0.25, 0.3) is 0 Å². The fourth-order valence-electron chi connectivity index (χ4n) is 2.57. The van der Waals surface area contributed by atoms with E-state index < -0.39 is 5.60 Å². The molecule has 0 unspecified atom stereocenters. The summed E-state index contributed by atoms with van der Waals surface area (Å²) >= 11 is 0. The average Bonchev–Trinajstić information content (AvgIpc) is 2.38. The lowest BCUT2D eigenvalue weighted by Crippen LogP contribution is -2.31. The van der Waals surface area contributed by atoms with Gasteiger partial charge in [0.1, 0.15) is 5.60 Å². The minimum Gasteiger partial charge on any atom is -0.457 e. The Bertz CT molecular complexity index is 500. The van der Waals surface area contributed by atoms with E-state index in [0.717, 1.165) is 32.5 Å². The Kier molecular flexibility index (Phi) is 5.18. The molecule has 2 rings (SSSR count). The molecule has 0 bridgehead atoms. The zero-order chi connectivity index (χ0) is 15.3. The van der Waals surface area contributed by atoms with Crippen molar-refractivity contribution in [2.24, 2.45) is 0 Å². The molecule has 0 aliphatic carbocycles. The molecular formula is C18H25NO2. The maximum atomic E-state index is 11.9. The van der Waals surface area contributed by atoms with E-state index in [2.05, 4.69) is 29.2 Å². The lowest BCUT2D eigenvalue weighted by atomic mass is 10.0. The second kappa shape index (κ2) is 6.90. The van der Waals surface area contributed by atoms with Crippen molar-refractivity contribution in [3.8, 4) is 0 Å². The van der Waals surface area contributed by atoms with Crippen LogP contribution in [0.15, 0.2) is 42.0 Å². The number of ether oxygens (including phenoxy) is 1. The SMILES string of the molecule is CC(C)(C)OC(=O)/C=C1\CCCN(Cc2ccccc2)C1. The maximum absolute atomic E-state index is 11.9. The van der Waals surface area contributed by atoms with E-state index in [0.29, 0.717) is 0 Å². The van der Waals surface area contributed by atoms with E-state index in [9.17, 15) is 4.79 Å². The van der Waals surface area contributed by atoms with E-state index in [1.807, 2.05) is 26.8 Å². The van der Waals surface area contributed by atoms with E-state index in [1.165, 1.54) is 11.1 Å². The molecule has 0 atom stereocenters. The number of benzene rings is 1. The van der Waals surface area contributed by atoms with Gasteiger partial charge in [-0.3, -0.25) is 4.90 Å². The number of nitrogens with zero attached hydrogens (tertiary/aromatic N) is 1. The van der Waals surface area contributed by atoms with Crippen molar-refractivity contribution >= 4 is 5.97 Å². The van der Waals surface area contributed by atoms with Gasteiger partial charge in [-0.25, -0.2) is 4.79 Å². The molecule has 3 heteroatoms. The molecular weight excluding hydrogens is 262 g/mol. The molecule has 1 aromatic rings. The van der Waals surface area contributed by atoms with Crippen molar-refractivity contribution in [2.45, 2.75) is 45.8 Å². The van der Waals surface area contributed by atoms with Crippen molar-refractivity contribution in [1.82, 2.24) is 4.90 Å². The second-order valence-electron chi connectivity index (χ2n) is 6.64. The van der Waals surface area contributed by atoms with Crippen molar-refractivity contribution in [1.29, 1.82) is 0 Å². The van der Waals surface area contributed by atoms with Gasteiger partial charge in [0.15, 0.2) is 0 Å². The lowest BCUT2D eigenvalue weighted by Gasteiger charge is -2.28. The Morgan fingerprint density at radius 1 is 1.29 bits per heavy atom. The third kappa shape index (κ3) is 5.72. The zero-order valence-electron chi connectivity index (χ0n) is 13.3. The fraction of sp³-hybridized carbons (Fsp3) is 0.500. The Labute approximate surface area is 127 Å². The van der Waals surface area contributed by atoms with Crippen LogP contribution in [0.2, 0.25) is 0 Å². The third-order valence-electron chi connectivity index (χ3n) is 3.38. The molecule has 0 saturated carbocycles. The standard InChI is InChI=1S/C18H25NO2/c1-18(2,3)21-17(20)12-16-10-7-11-19(14-16)13-15-8-5-4-6-9-15/h4-6,8-9,12H,7,10-11,13-14H2,1-3H3/b16-12+. The molecule has 0 aromatic heterocycles. The number of hydrogen-bond donors (Lipinski definition) is 0. The Balaban J connectivity index is 1.93. The minimum absolute atomic E-state index is 0.223. The van der Waals surface area contributed by atoms with Crippen LogP contribution in [0.4, 0.5) is 0 Å². The van der Waals surface area contributed by atoms with Crippen molar-refractivity contribution in [3.05, 3.63) is 47.5 Å². The summed E-state index contributed by atoms with van der Waals surface area (Å²) in [5, 5.41) is 0. The van der Waals surface area contributed by atoms with Gasteiger partial charge >= 0.3 is 5.97 Å². The van der Waals surface area contributed by atoms with Crippen molar-refractivity contribution < 1.29 is 9.53 Å². The molecule has 1 saturated heterocycles. The van der Waals surface area contributed by atoms with Gasteiger partial charge in [-0.05, 0) is 51.3 Å². The van der Waals surface area contributed by atoms with E-state index in [1.54, 1.807) is 6.08 Å². The van der Waals surface area contributed by atoms with Crippen LogP contribution < -0.4 is 0 Å². The van der Waals surface area contributed by atoms with E-state index in [-0.39, 0.29) is 5.97 Å². The highest BCUT2D eigenvalue weighted by atomic mass is 16.6. The summed E-state index contributed by atoms with van der Waals surface area (Å²) in [4.78, 5) is 14.3. The number of carbonyl (C=O) groups is 1. The minimum atomic E-state index is -0.424. The predicted octanol–water partition coefficient (Wildman–Crippen LogP) is 3.55. The van der Waals surface area contributed by atoms with Gasteiger partial charge in [-0.1, -0.05) is 30.3 Å². The molecule has 1 aliphatic rings. The number of hydrogen-bond acceptors (Lipinski definition) is 3. The van der Waals surface area contributed by atoms with Crippen LogP contribution in [-0.4, -0.2) is 29.6 Å². The van der Waals surface area contributed by atoms with Gasteiger partial charge in [-0.15, -0.1) is 0 Å². The van der Waals surface area contributed by atoms with Crippen molar-refractivity contribution in [3.63, 3.8) is 0 Å². The summed E-state index contributed by atoms with van der Waals surface area (Å²) in [6.45, 7) is 8.56. The molecule has 114 valence electrons. The summed E-state index contributed by atoms with van der Waals surface area (Å²) in [5.74, 6) is -0.223. The first-order valence-corrected chi connectivity index (χ1v) is 7.61. The molecule has 1 heterocycles. The number of piperidine rings is 1. The van der Waals surface area contributed by atoms with Crippen molar-refractivity contribution in [2.75, 3.05) is 13.1 Å². The van der Waals surface area contributed by atoms with Crippen LogP contribution in [0.5, 0.6) is 0 Å². The monoisotopic (exact) mass is 287 g/mol. The Hall–Kier alpha value is -1.61. The molecule has 0 N–H and O–H groups in total. The number of rotatable bonds is 3. The Morgan fingerprint density at radius 3 is 2.67 bits per heavy atom. The highest BCUT2D eigenvalue weighted by Crippen LogP contribution is 2.18. The average molecular weight is 287 g/mol. The van der Waals surface area contributed by atoms with Crippen LogP contribution in [0.1, 0.15) is 39.2 Å². The van der Waals surface area contributed by atoms with E-state index in [4.69, 9.17) is 4.74 Å². The quantitative estimate of drug-likeness (QED) is 0.629. The first kappa shape index (κ1) is 15.8. The third-order valence-corrected chi connectivity index (χ3v) is 3.38. The van der Waals surface area contributed by atoms with E-state index >= 15 is 0 Å². The first-order valence-electron chi connectivity index (χ1n) is 7.61. The van der Waals surface area contributed by atoms with Gasteiger partial charge in [0.05, 0.1) is 0 Å². The largest absolute Gasteiger partial charge is 0.457 e. The van der Waals surface area contributed by atoms with Gasteiger partial charge in [-0.2, -0.15) is 0 Å². The Morgan fingerprint density at radius 2 is 2.00 bits per heavy atom. The fourth-order valence-corrected chi connectivity index (χ4v) is 2.57. The molecule has 21 heavy (non-hydrogen) atoms. The zero-order valence-corrected chi connectivity index (χ0v) is 13.3. The number of esters is 1. The maximum Gasteiger partial charge on any atom is 0.331 e. The van der Waals surface area contributed by atoms with Gasteiger partial charge < -0.3 is 4.74 Å². The smallest absolute Gasteiger partial charge is 0.331 e. The highest BCUT2D eigenvalue weighted by molar-refractivity contribution is 5.83. The lowest BCUT2D eigenvalue weighted by molar-refractivity contribution is -0.148. The first-order chi connectivity index (χ1) is 9.92. The molecule has 0 radical (unpaired) electrons. The topological polar surface area (TPSA) is 29.5 Å². The van der Waals surface area contributed by atoms with Crippen LogP contribution >= 0.6 is 0 Å². The van der Waals surface area contributed by atoms with Crippen LogP contribution in [-0.2, 0) is 16.1 Å². The highest BCUT2D eigenvalue weighted by Gasteiger charge is 2.18. The van der Waals surface area contributed by atoms with Crippen LogP contribution in [0.25, 0.3) is 0 Å². The normalized spacial score (nSPS) is 18.7. The van der Waals surface area contributed by atoms with Gasteiger partial charge in [0, 0.05) is 19.2 Å². The summed E-state index contributed by atoms with van der Waals surface area (Å²) in [6, 6.07) is 10.5. The summed E-state index contributed by atoms with van der Waals surface area (Å²) in [5.41, 5.74) is 2.06.